The van der Waals surface area contributed by atoms with Crippen molar-refractivity contribution in [2.75, 3.05) is 20.8 Å². The fraction of sp³-hybridized carbons (Fsp3) is 0.167. The van der Waals surface area contributed by atoms with Crippen LogP contribution in [0.25, 0.3) is 27.4 Å². The Morgan fingerprint density at radius 2 is 1.67 bits per heavy atom. The van der Waals surface area contributed by atoms with E-state index >= 15 is 0 Å². The molecule has 6 nitrogen and oxygen atoms in total. The van der Waals surface area contributed by atoms with Crippen molar-refractivity contribution in [1.29, 1.82) is 0 Å². The summed E-state index contributed by atoms with van der Waals surface area (Å²) in [5.74, 6) is 0.640. The molecule has 0 amide bonds. The van der Waals surface area contributed by atoms with E-state index in [1.54, 1.807) is 43.9 Å². The molecule has 4 rings (SSSR count). The highest BCUT2D eigenvalue weighted by molar-refractivity contribution is 6.15. The number of ether oxygens (including phenoxy) is 3. The summed E-state index contributed by atoms with van der Waals surface area (Å²) in [7, 11) is 3.14. The number of carbonyl (C=O) groups excluding carboxylic acids is 2. The smallest absolute Gasteiger partial charge is 0.340 e. The van der Waals surface area contributed by atoms with Crippen LogP contribution in [-0.4, -0.2) is 37.5 Å². The van der Waals surface area contributed by atoms with Crippen molar-refractivity contribution >= 4 is 28.5 Å². The zero-order chi connectivity index (χ0) is 21.3. The summed E-state index contributed by atoms with van der Waals surface area (Å²) in [6.45, 7) is 1.97. The minimum atomic E-state index is -0.494. The monoisotopic (exact) mass is 403 g/mol. The van der Waals surface area contributed by atoms with Gasteiger partial charge >= 0.3 is 5.97 Å². The summed E-state index contributed by atoms with van der Waals surface area (Å²) < 4.78 is 18.3. The summed E-state index contributed by atoms with van der Waals surface area (Å²) in [6.07, 6.45) is 2.51. The number of rotatable bonds is 6. The van der Waals surface area contributed by atoms with Gasteiger partial charge in [-0.05, 0) is 24.4 Å². The molecule has 2 heterocycles. The Labute approximate surface area is 173 Å². The molecular weight excluding hydrogens is 382 g/mol. The molecule has 0 saturated carbocycles. The molecular formula is C24H21NO5. The summed E-state index contributed by atoms with van der Waals surface area (Å²) in [6, 6.07) is 14.8. The minimum absolute atomic E-state index is 0.222. The lowest BCUT2D eigenvalue weighted by Crippen LogP contribution is -2.06. The summed E-state index contributed by atoms with van der Waals surface area (Å²) in [5.41, 5.74) is 2.39. The Bertz CT molecular complexity index is 1270. The first-order valence-corrected chi connectivity index (χ1v) is 9.55. The van der Waals surface area contributed by atoms with Crippen LogP contribution in [0.15, 0.2) is 54.7 Å². The summed E-state index contributed by atoms with van der Waals surface area (Å²) in [5, 5.41) is 1.65. The SMILES string of the molecule is CCOC(=O)c1c(-c2c(OC)cc(OC)c3ccccc23)c(C=O)n2ccccc12. The molecule has 4 aromatic rings. The highest BCUT2D eigenvalue weighted by Gasteiger charge is 2.29. The van der Waals surface area contributed by atoms with Crippen LogP contribution in [-0.2, 0) is 4.74 Å². The highest BCUT2D eigenvalue weighted by Crippen LogP contribution is 2.45. The molecule has 2 aromatic heterocycles. The molecule has 0 radical (unpaired) electrons. The molecule has 0 aliphatic heterocycles. The number of nitrogens with zero attached hydrogens (tertiary/aromatic N) is 1. The lowest BCUT2D eigenvalue weighted by Gasteiger charge is -2.16. The summed E-state index contributed by atoms with van der Waals surface area (Å²) >= 11 is 0. The number of hydrogen-bond acceptors (Lipinski definition) is 5. The van der Waals surface area contributed by atoms with Crippen LogP contribution in [0.4, 0.5) is 0 Å². The van der Waals surface area contributed by atoms with Gasteiger partial charge in [0.25, 0.3) is 0 Å². The first-order chi connectivity index (χ1) is 14.7. The van der Waals surface area contributed by atoms with Crippen LogP contribution in [0.1, 0.15) is 27.8 Å². The maximum atomic E-state index is 13.0. The van der Waals surface area contributed by atoms with Gasteiger partial charge in [0.1, 0.15) is 11.5 Å². The van der Waals surface area contributed by atoms with Gasteiger partial charge in [-0.2, -0.15) is 0 Å². The molecule has 0 unspecified atom stereocenters. The van der Waals surface area contributed by atoms with Gasteiger partial charge in [-0.3, -0.25) is 4.79 Å². The van der Waals surface area contributed by atoms with E-state index in [0.717, 1.165) is 17.1 Å². The van der Waals surface area contributed by atoms with Gasteiger partial charge in [0.15, 0.2) is 6.29 Å². The lowest BCUT2D eigenvalue weighted by atomic mass is 9.93. The standard InChI is InChI=1S/C24H21NO5/c1-4-30-24(27)23-17-11-7-8-12-25(17)18(14-26)22(23)21-16-10-6-5-9-15(16)19(28-2)13-20(21)29-3/h5-14H,4H2,1-3H3. The third-order valence-corrected chi connectivity index (χ3v) is 5.13. The number of methoxy groups -OCH3 is 2. The molecule has 2 aromatic carbocycles. The number of aldehydes is 1. The van der Waals surface area contributed by atoms with Gasteiger partial charge in [0.2, 0.25) is 0 Å². The van der Waals surface area contributed by atoms with E-state index in [4.69, 9.17) is 14.2 Å². The van der Waals surface area contributed by atoms with Gasteiger partial charge in [-0.25, -0.2) is 4.79 Å². The second-order valence-corrected chi connectivity index (χ2v) is 6.63. The average Bonchev–Trinajstić information content (AvgIpc) is 3.11. The fourth-order valence-corrected chi connectivity index (χ4v) is 3.92. The molecule has 0 spiro atoms. The van der Waals surface area contributed by atoms with Crippen molar-refractivity contribution in [3.63, 3.8) is 0 Å². The first kappa shape index (κ1) is 19.5. The maximum absolute atomic E-state index is 13.0. The molecule has 0 fully saturated rings. The van der Waals surface area contributed by atoms with Crippen molar-refractivity contribution in [3.05, 3.63) is 66.0 Å². The Kier molecular flexibility index (Phi) is 5.14. The van der Waals surface area contributed by atoms with Crippen LogP contribution in [0.5, 0.6) is 11.5 Å². The summed E-state index contributed by atoms with van der Waals surface area (Å²) in [4.78, 5) is 25.3. The van der Waals surface area contributed by atoms with Gasteiger partial charge in [0.05, 0.1) is 37.6 Å². The molecule has 152 valence electrons. The van der Waals surface area contributed by atoms with E-state index in [1.807, 2.05) is 36.4 Å². The molecule has 0 aliphatic rings. The third kappa shape index (κ3) is 2.88. The topological polar surface area (TPSA) is 66.2 Å². The predicted octanol–water partition coefficient (Wildman–Crippen LogP) is 4.77. The minimum Gasteiger partial charge on any atom is -0.496 e. The van der Waals surface area contributed by atoms with E-state index in [9.17, 15) is 9.59 Å². The van der Waals surface area contributed by atoms with E-state index in [1.165, 1.54) is 0 Å². The molecule has 0 N–H and O–H groups in total. The fourth-order valence-electron chi connectivity index (χ4n) is 3.92. The van der Waals surface area contributed by atoms with Gasteiger partial charge in [0, 0.05) is 28.8 Å². The zero-order valence-electron chi connectivity index (χ0n) is 17.0. The molecule has 0 bridgehead atoms. The molecule has 6 heteroatoms. The molecule has 0 saturated heterocycles. The molecule has 30 heavy (non-hydrogen) atoms. The second-order valence-electron chi connectivity index (χ2n) is 6.63. The van der Waals surface area contributed by atoms with Crippen molar-refractivity contribution < 1.29 is 23.8 Å². The van der Waals surface area contributed by atoms with E-state index < -0.39 is 5.97 Å². The predicted molar refractivity (Wildman–Crippen MR) is 115 cm³/mol. The number of aromatic nitrogens is 1. The van der Waals surface area contributed by atoms with Crippen molar-refractivity contribution in [2.45, 2.75) is 6.92 Å². The largest absolute Gasteiger partial charge is 0.496 e. The number of hydrogen-bond donors (Lipinski definition) is 0. The Morgan fingerprint density at radius 3 is 2.33 bits per heavy atom. The first-order valence-electron chi connectivity index (χ1n) is 9.55. The van der Waals surface area contributed by atoms with Crippen LogP contribution in [0.2, 0.25) is 0 Å². The van der Waals surface area contributed by atoms with Crippen LogP contribution in [0, 0.1) is 0 Å². The molecule has 0 aliphatic carbocycles. The van der Waals surface area contributed by atoms with Gasteiger partial charge < -0.3 is 18.6 Å². The zero-order valence-corrected chi connectivity index (χ0v) is 17.0. The van der Waals surface area contributed by atoms with Crippen LogP contribution >= 0.6 is 0 Å². The highest BCUT2D eigenvalue weighted by atomic mass is 16.5. The van der Waals surface area contributed by atoms with Crippen molar-refractivity contribution in [2.24, 2.45) is 0 Å². The number of benzene rings is 2. The Morgan fingerprint density at radius 1 is 0.967 bits per heavy atom. The molecule has 0 atom stereocenters. The van der Waals surface area contributed by atoms with Crippen LogP contribution in [0.3, 0.4) is 0 Å². The van der Waals surface area contributed by atoms with E-state index in [2.05, 4.69) is 0 Å². The number of fused-ring (bicyclic) bond motifs is 2. The average molecular weight is 403 g/mol. The Balaban J connectivity index is 2.23. The van der Waals surface area contributed by atoms with Crippen molar-refractivity contribution in [1.82, 2.24) is 4.40 Å². The van der Waals surface area contributed by atoms with E-state index in [-0.39, 0.29) is 6.61 Å². The van der Waals surface area contributed by atoms with Crippen LogP contribution < -0.4 is 9.47 Å². The number of esters is 1. The van der Waals surface area contributed by atoms with Gasteiger partial charge in [-0.15, -0.1) is 0 Å². The van der Waals surface area contributed by atoms with Crippen molar-refractivity contribution in [3.8, 4) is 22.6 Å². The second kappa shape index (κ2) is 7.91. The number of carbonyl (C=O) groups is 2. The van der Waals surface area contributed by atoms with Gasteiger partial charge in [-0.1, -0.05) is 30.3 Å². The van der Waals surface area contributed by atoms with E-state index in [0.29, 0.717) is 39.4 Å². The Hall–Kier alpha value is -3.80. The normalized spacial score (nSPS) is 10.9. The lowest BCUT2D eigenvalue weighted by molar-refractivity contribution is 0.0529. The maximum Gasteiger partial charge on any atom is 0.340 e. The quantitative estimate of drug-likeness (QED) is 0.343. The third-order valence-electron chi connectivity index (χ3n) is 5.13. The number of pyridine rings is 1.